The number of nitrogens with two attached hydrogens (primary N) is 1. The molecule has 9 heteroatoms. The van der Waals surface area contributed by atoms with Gasteiger partial charge in [0.1, 0.15) is 6.04 Å². The van der Waals surface area contributed by atoms with Gasteiger partial charge in [0.15, 0.2) is 10.8 Å². The second-order valence-corrected chi connectivity index (χ2v) is 4.96. The number of thiocarbonyl (C=S) groups is 1. The van der Waals surface area contributed by atoms with Crippen LogP contribution in [0.4, 0.5) is 0 Å². The first kappa shape index (κ1) is 14.0. The van der Waals surface area contributed by atoms with Crippen LogP contribution in [0.3, 0.4) is 0 Å². The van der Waals surface area contributed by atoms with Crippen molar-refractivity contribution in [2.75, 3.05) is 0 Å². The fourth-order valence-electron chi connectivity index (χ4n) is 2.18. The van der Waals surface area contributed by atoms with E-state index in [4.69, 9.17) is 5.73 Å². The molecule has 0 aliphatic rings. The zero-order valence-corrected chi connectivity index (χ0v) is 12.0. The van der Waals surface area contributed by atoms with Gasteiger partial charge in [0.25, 0.3) is 5.56 Å². The summed E-state index contributed by atoms with van der Waals surface area (Å²) in [7, 11) is 0. The van der Waals surface area contributed by atoms with Crippen molar-refractivity contribution in [2.24, 2.45) is 5.73 Å². The number of hydrogen-bond donors (Lipinski definition) is 4. The summed E-state index contributed by atoms with van der Waals surface area (Å²) in [5.74, 6) is 0. The van der Waals surface area contributed by atoms with E-state index >= 15 is 0 Å². The Morgan fingerprint density at radius 3 is 3.00 bits per heavy atom. The highest BCUT2D eigenvalue weighted by Crippen LogP contribution is 2.17. The fourth-order valence-corrected chi connectivity index (χ4v) is 2.24. The quantitative estimate of drug-likeness (QED) is 0.398. The minimum absolute atomic E-state index is 0.00988. The number of H-pyrrole nitrogens is 1. The topological polar surface area (TPSA) is 124 Å². The molecule has 1 aromatic carbocycles. The number of aromatic amines is 1. The molecule has 1 atom stereocenters. The Bertz CT molecular complexity index is 968. The Balaban J connectivity index is 2.17. The average Bonchev–Trinajstić information content (AvgIpc) is 2.92. The summed E-state index contributed by atoms with van der Waals surface area (Å²) in [6, 6.07) is 8.29. The van der Waals surface area contributed by atoms with Crippen LogP contribution < -0.4 is 22.1 Å². The van der Waals surface area contributed by atoms with Gasteiger partial charge in [-0.05, 0) is 24.4 Å². The standard InChI is InChI=1S/C13H11N7OS/c14-5-10(18-19-13(15)22)8-6-16-20-11(8)17-9-4-2-1-3-7(9)12(20)21/h1-4,6,10,16,18H,(H3,15,19,22). The van der Waals surface area contributed by atoms with E-state index in [-0.39, 0.29) is 10.7 Å². The molecular weight excluding hydrogens is 302 g/mol. The number of rotatable bonds is 3. The molecule has 2 aromatic heterocycles. The van der Waals surface area contributed by atoms with Gasteiger partial charge in [-0.15, -0.1) is 0 Å². The van der Waals surface area contributed by atoms with Gasteiger partial charge in [0, 0.05) is 11.8 Å². The minimum atomic E-state index is -0.782. The van der Waals surface area contributed by atoms with Gasteiger partial charge in [-0.2, -0.15) is 5.26 Å². The van der Waals surface area contributed by atoms with Crippen LogP contribution in [0.1, 0.15) is 11.6 Å². The van der Waals surface area contributed by atoms with E-state index in [0.717, 1.165) is 0 Å². The fraction of sp³-hybridized carbons (Fsp3) is 0.0769. The molecule has 0 amide bonds. The Morgan fingerprint density at radius 1 is 1.50 bits per heavy atom. The lowest BCUT2D eigenvalue weighted by Gasteiger charge is -2.11. The zero-order chi connectivity index (χ0) is 15.7. The maximum atomic E-state index is 12.4. The predicted molar refractivity (Wildman–Crippen MR) is 84.7 cm³/mol. The first-order valence-corrected chi connectivity index (χ1v) is 6.72. The molecule has 3 rings (SSSR count). The van der Waals surface area contributed by atoms with Crippen molar-refractivity contribution in [3.8, 4) is 6.07 Å². The van der Waals surface area contributed by atoms with E-state index in [1.165, 1.54) is 4.52 Å². The lowest BCUT2D eigenvalue weighted by Crippen LogP contribution is -2.42. The van der Waals surface area contributed by atoms with Crippen molar-refractivity contribution in [3.63, 3.8) is 0 Å². The lowest BCUT2D eigenvalue weighted by atomic mass is 10.2. The summed E-state index contributed by atoms with van der Waals surface area (Å²) in [4.78, 5) is 16.9. The number of hydrogen-bond acceptors (Lipinski definition) is 5. The molecule has 0 aliphatic carbocycles. The van der Waals surface area contributed by atoms with Crippen LogP contribution in [0, 0.1) is 11.3 Å². The summed E-state index contributed by atoms with van der Waals surface area (Å²) in [5.41, 5.74) is 11.7. The summed E-state index contributed by atoms with van der Waals surface area (Å²) in [6.45, 7) is 0. The highest BCUT2D eigenvalue weighted by Gasteiger charge is 2.18. The van der Waals surface area contributed by atoms with Gasteiger partial charge >= 0.3 is 0 Å². The van der Waals surface area contributed by atoms with Crippen molar-refractivity contribution < 1.29 is 0 Å². The molecule has 0 radical (unpaired) electrons. The maximum absolute atomic E-state index is 12.4. The second-order valence-electron chi connectivity index (χ2n) is 4.52. The molecule has 0 aliphatic heterocycles. The van der Waals surface area contributed by atoms with Crippen LogP contribution in [0.5, 0.6) is 0 Å². The van der Waals surface area contributed by atoms with Crippen molar-refractivity contribution >= 4 is 33.9 Å². The van der Waals surface area contributed by atoms with E-state index in [1.54, 1.807) is 30.5 Å². The van der Waals surface area contributed by atoms with Crippen molar-refractivity contribution in [2.45, 2.75) is 6.04 Å². The summed E-state index contributed by atoms with van der Waals surface area (Å²) in [6.07, 6.45) is 1.55. The Labute approximate surface area is 129 Å². The van der Waals surface area contributed by atoms with Crippen molar-refractivity contribution in [1.82, 2.24) is 25.4 Å². The van der Waals surface area contributed by atoms with Gasteiger partial charge in [-0.25, -0.2) is 14.9 Å². The monoisotopic (exact) mass is 313 g/mol. The molecule has 22 heavy (non-hydrogen) atoms. The summed E-state index contributed by atoms with van der Waals surface area (Å²) >= 11 is 4.69. The van der Waals surface area contributed by atoms with E-state index < -0.39 is 6.04 Å². The predicted octanol–water partition coefficient (Wildman–Crippen LogP) is 0.0783. The van der Waals surface area contributed by atoms with Crippen LogP contribution in [-0.2, 0) is 0 Å². The van der Waals surface area contributed by atoms with E-state index in [2.05, 4.69) is 39.2 Å². The van der Waals surface area contributed by atoms with Gasteiger partial charge < -0.3 is 5.73 Å². The molecule has 110 valence electrons. The van der Waals surface area contributed by atoms with Gasteiger partial charge in [0.2, 0.25) is 0 Å². The number of benzene rings is 1. The van der Waals surface area contributed by atoms with Gasteiger partial charge in [0.05, 0.1) is 17.0 Å². The van der Waals surface area contributed by atoms with Gasteiger partial charge in [-0.1, -0.05) is 12.1 Å². The third-order valence-electron chi connectivity index (χ3n) is 3.16. The number of aromatic nitrogens is 3. The molecule has 1 unspecified atom stereocenters. The summed E-state index contributed by atoms with van der Waals surface area (Å²) in [5, 5.41) is 12.6. The van der Waals surface area contributed by atoms with E-state index in [0.29, 0.717) is 22.1 Å². The molecule has 2 heterocycles. The number of nitrogens with one attached hydrogen (secondary N) is 3. The van der Waals surface area contributed by atoms with Gasteiger partial charge in [-0.3, -0.25) is 15.3 Å². The molecule has 8 nitrogen and oxygen atoms in total. The van der Waals surface area contributed by atoms with Crippen LogP contribution in [0.2, 0.25) is 0 Å². The Morgan fingerprint density at radius 2 is 2.27 bits per heavy atom. The van der Waals surface area contributed by atoms with E-state index in [9.17, 15) is 10.1 Å². The zero-order valence-electron chi connectivity index (χ0n) is 11.2. The van der Waals surface area contributed by atoms with Crippen molar-refractivity contribution in [3.05, 3.63) is 46.4 Å². The number of nitriles is 1. The second kappa shape index (κ2) is 5.44. The Kier molecular flexibility index (Phi) is 3.46. The molecule has 5 N–H and O–H groups in total. The molecule has 0 fully saturated rings. The van der Waals surface area contributed by atoms with Crippen LogP contribution in [-0.4, -0.2) is 19.7 Å². The molecule has 0 saturated heterocycles. The molecule has 3 aromatic rings. The number of para-hydroxylation sites is 1. The van der Waals surface area contributed by atoms with Crippen molar-refractivity contribution in [1.29, 1.82) is 5.26 Å². The molecule has 0 spiro atoms. The lowest BCUT2D eigenvalue weighted by molar-refractivity contribution is 0.599. The largest absolute Gasteiger partial charge is 0.375 e. The highest BCUT2D eigenvalue weighted by molar-refractivity contribution is 7.80. The third-order valence-corrected chi connectivity index (χ3v) is 3.26. The highest BCUT2D eigenvalue weighted by atomic mass is 32.1. The third kappa shape index (κ3) is 2.26. The van der Waals surface area contributed by atoms with Crippen LogP contribution in [0.25, 0.3) is 16.6 Å². The normalized spacial score (nSPS) is 12.1. The van der Waals surface area contributed by atoms with E-state index in [1.807, 2.05) is 0 Å². The van der Waals surface area contributed by atoms with Crippen LogP contribution >= 0.6 is 12.2 Å². The first-order valence-electron chi connectivity index (χ1n) is 6.31. The summed E-state index contributed by atoms with van der Waals surface area (Å²) < 4.78 is 1.30. The number of fused-ring (bicyclic) bond motifs is 2. The average molecular weight is 313 g/mol. The van der Waals surface area contributed by atoms with Crippen LogP contribution in [0.15, 0.2) is 35.3 Å². The molecule has 0 saturated carbocycles. The number of hydrazine groups is 1. The minimum Gasteiger partial charge on any atom is -0.375 e. The SMILES string of the molecule is N#CC(NNC(N)=S)c1c[nH]n2c(=O)c3ccccc3nc12. The molecular formula is C13H11N7OS. The first-order chi connectivity index (χ1) is 10.6. The maximum Gasteiger partial charge on any atom is 0.280 e. The Hall–Kier alpha value is -2.96. The smallest absolute Gasteiger partial charge is 0.280 e. The molecule has 0 bridgehead atoms. The number of nitrogens with zero attached hydrogens (tertiary/aromatic N) is 3.